The highest BCUT2D eigenvalue weighted by atomic mass is 16.6. The predicted molar refractivity (Wildman–Crippen MR) is 291 cm³/mol. The van der Waals surface area contributed by atoms with Gasteiger partial charge >= 0.3 is 29.8 Å². The molecule has 0 aromatic heterocycles. The van der Waals surface area contributed by atoms with Gasteiger partial charge in [-0.2, -0.15) is 0 Å². The van der Waals surface area contributed by atoms with E-state index in [1.807, 2.05) is 6.92 Å². The van der Waals surface area contributed by atoms with Gasteiger partial charge in [0.05, 0.1) is 24.2 Å². The van der Waals surface area contributed by atoms with Crippen LogP contribution in [0, 0.1) is 136 Å². The number of hydrogen-bond acceptors (Lipinski definition) is 10. The van der Waals surface area contributed by atoms with Crippen molar-refractivity contribution in [1.82, 2.24) is 0 Å². The van der Waals surface area contributed by atoms with E-state index < -0.39 is 6.10 Å². The van der Waals surface area contributed by atoms with E-state index in [9.17, 15) is 24.0 Å². The Kier molecular flexibility index (Phi) is 15.5. The second-order valence-corrected chi connectivity index (χ2v) is 29.5. The first-order valence-corrected chi connectivity index (χ1v) is 32.3. The molecule has 13 rings (SSSR count). The fourth-order valence-electron chi connectivity index (χ4n) is 22.1. The summed E-state index contributed by atoms with van der Waals surface area (Å²) in [6, 6.07) is 0. The lowest BCUT2D eigenvalue weighted by Gasteiger charge is -2.43. The maximum absolute atomic E-state index is 13.1. The van der Waals surface area contributed by atoms with Crippen LogP contribution in [0.25, 0.3) is 0 Å². The molecule has 13 aliphatic rings. The topological polar surface area (TPSA) is 132 Å². The minimum Gasteiger partial charge on any atom is -0.462 e. The number of ether oxygens (including phenoxy) is 5. The van der Waals surface area contributed by atoms with Crippen LogP contribution in [0.3, 0.4) is 0 Å². The summed E-state index contributed by atoms with van der Waals surface area (Å²) in [6.45, 7) is 22.2. The van der Waals surface area contributed by atoms with Gasteiger partial charge in [0.15, 0.2) is 6.61 Å². The highest BCUT2D eigenvalue weighted by Crippen LogP contribution is 2.71. The molecule has 13 saturated carbocycles. The Morgan fingerprint density at radius 2 is 0.961 bits per heavy atom. The zero-order valence-electron chi connectivity index (χ0n) is 48.9. The number of rotatable bonds is 14. The van der Waals surface area contributed by atoms with Crippen LogP contribution in [0.2, 0.25) is 0 Å². The second-order valence-electron chi connectivity index (χ2n) is 29.5. The molecule has 0 N–H and O–H groups in total. The zero-order chi connectivity index (χ0) is 53.7. The Hall–Kier alpha value is -2.65. The molecule has 13 fully saturated rings. The van der Waals surface area contributed by atoms with Crippen LogP contribution in [0.4, 0.5) is 0 Å². The normalized spacial score (nSPS) is 48.7. The largest absolute Gasteiger partial charge is 0.462 e. The van der Waals surface area contributed by atoms with Gasteiger partial charge in [0.1, 0.15) is 22.9 Å². The van der Waals surface area contributed by atoms with Crippen molar-refractivity contribution in [3.63, 3.8) is 0 Å². The van der Waals surface area contributed by atoms with E-state index in [0.717, 1.165) is 130 Å². The maximum Gasteiger partial charge on any atom is 0.344 e. The highest BCUT2D eigenvalue weighted by molar-refractivity contribution is 5.79. The molecule has 26 unspecified atom stereocenters. The molecule has 0 saturated heterocycles. The molecule has 12 bridgehead atoms. The molecule has 0 aromatic carbocycles. The summed E-state index contributed by atoms with van der Waals surface area (Å²) in [4.78, 5) is 63.1. The van der Waals surface area contributed by atoms with Gasteiger partial charge in [0, 0.05) is 0 Å². The summed E-state index contributed by atoms with van der Waals surface area (Å²) in [6.07, 6.45) is 24.8. The smallest absolute Gasteiger partial charge is 0.344 e. The molecular weight excluding hydrogens is 953 g/mol. The van der Waals surface area contributed by atoms with Crippen molar-refractivity contribution in [3.05, 3.63) is 0 Å². The standard InChI is InChI=1S/C23H36O4.C22H34O2.C21H32O4/c1-5-23(12-16-6-7-18(23)9-16)27-21(24)8-13(2)26-22(25)20-11-17-10-19(20)15(4)14(17)3;1-4-22(7-5-6-8-22)24-21(23)18-10-14-9-17(18)20-16-11-15(19(14)20)12(2)13(16)3;1-4-21(10-14-5-6-16(21)7-14)25-19(22)11-24-20(23)18-9-15-8-17(18)13(3)12(15)2/h13-20H,5-12H2,1-4H3;12-20H,4-11H2,1-3H3;12-18H,4-11H2,1-3H3. The van der Waals surface area contributed by atoms with Gasteiger partial charge in [-0.1, -0.05) is 62.3 Å². The molecular formula is C66H102O10. The average Bonchev–Trinajstić information content (AvgIpc) is 4.31. The number of hydrogen-bond donors (Lipinski definition) is 0. The lowest BCUT2D eigenvalue weighted by atomic mass is 9.62. The van der Waals surface area contributed by atoms with Gasteiger partial charge in [-0.05, 0) is 267 Å². The summed E-state index contributed by atoms with van der Waals surface area (Å²) in [5.74, 6) is 14.0. The van der Waals surface area contributed by atoms with Crippen LogP contribution >= 0.6 is 0 Å². The van der Waals surface area contributed by atoms with E-state index in [4.69, 9.17) is 23.7 Å². The third kappa shape index (κ3) is 9.64. The third-order valence-corrected chi connectivity index (χ3v) is 26.8. The van der Waals surface area contributed by atoms with E-state index in [1.165, 1.54) is 70.6 Å². The first kappa shape index (κ1) is 55.3. The van der Waals surface area contributed by atoms with E-state index in [2.05, 4.69) is 62.3 Å². The molecule has 0 spiro atoms. The molecule has 76 heavy (non-hydrogen) atoms. The maximum atomic E-state index is 13.1. The van der Waals surface area contributed by atoms with Crippen LogP contribution in [0.5, 0.6) is 0 Å². The van der Waals surface area contributed by atoms with Crippen molar-refractivity contribution in [2.75, 3.05) is 6.61 Å². The zero-order valence-corrected chi connectivity index (χ0v) is 48.9. The molecule has 426 valence electrons. The van der Waals surface area contributed by atoms with Crippen LogP contribution in [0.15, 0.2) is 0 Å². The number of esters is 5. The van der Waals surface area contributed by atoms with E-state index in [1.54, 1.807) is 0 Å². The van der Waals surface area contributed by atoms with Gasteiger partial charge in [-0.25, -0.2) is 4.79 Å². The second kappa shape index (κ2) is 21.3. The molecule has 13 aliphatic carbocycles. The van der Waals surface area contributed by atoms with Gasteiger partial charge < -0.3 is 23.7 Å². The van der Waals surface area contributed by atoms with Crippen LogP contribution in [-0.4, -0.2) is 59.4 Å². The Labute approximate surface area is 458 Å². The Bertz CT molecular complexity index is 2160. The predicted octanol–water partition coefficient (Wildman–Crippen LogP) is 13.8. The number of fused-ring (bicyclic) bond motifs is 17. The molecule has 0 radical (unpaired) electrons. The molecule has 0 amide bonds. The quantitative estimate of drug-likeness (QED) is 0.0941. The lowest BCUT2D eigenvalue weighted by Crippen LogP contribution is -2.42. The van der Waals surface area contributed by atoms with Gasteiger partial charge in [-0.15, -0.1) is 0 Å². The highest BCUT2D eigenvalue weighted by Gasteiger charge is 2.67. The van der Waals surface area contributed by atoms with Gasteiger partial charge in [-0.3, -0.25) is 19.2 Å². The van der Waals surface area contributed by atoms with Crippen molar-refractivity contribution in [3.8, 4) is 0 Å². The Morgan fingerprint density at radius 1 is 0.474 bits per heavy atom. The van der Waals surface area contributed by atoms with Crippen LogP contribution in [-0.2, 0) is 47.7 Å². The Balaban J connectivity index is 0.000000122. The number of carbonyl (C=O) groups excluding carboxylic acids is 5. The summed E-state index contributed by atoms with van der Waals surface area (Å²) < 4.78 is 29.2. The van der Waals surface area contributed by atoms with Crippen molar-refractivity contribution in [2.24, 2.45) is 136 Å². The van der Waals surface area contributed by atoms with Crippen molar-refractivity contribution >= 4 is 29.8 Å². The van der Waals surface area contributed by atoms with E-state index in [-0.39, 0.29) is 77.4 Å². The summed E-state index contributed by atoms with van der Waals surface area (Å²) in [5, 5.41) is 0. The monoisotopic (exact) mass is 1050 g/mol. The fraction of sp³-hybridized carbons (Fsp3) is 0.924. The van der Waals surface area contributed by atoms with Crippen molar-refractivity contribution in [2.45, 2.75) is 240 Å². The van der Waals surface area contributed by atoms with Gasteiger partial charge in [0.2, 0.25) is 0 Å². The SMILES string of the molecule is CCC1(OC(=O)C2CC3CC2C2C4CC(C(C)C4C)C32)CCCC1.CCC1(OC(=O)CC(C)OC(=O)C2CC3CC2C(C)C3C)CC2CCC1C2.CCC1(OC(=O)COC(=O)C2CC3CC2C(C)C3C)CC2CCC1C2. The Morgan fingerprint density at radius 3 is 1.45 bits per heavy atom. The molecule has 10 nitrogen and oxygen atoms in total. The third-order valence-electron chi connectivity index (χ3n) is 26.8. The summed E-state index contributed by atoms with van der Waals surface area (Å²) >= 11 is 0. The summed E-state index contributed by atoms with van der Waals surface area (Å²) in [7, 11) is 0. The summed E-state index contributed by atoms with van der Waals surface area (Å²) in [5.41, 5.74) is -0.641. The lowest BCUT2D eigenvalue weighted by molar-refractivity contribution is -0.177. The number of carbonyl (C=O) groups is 5. The molecule has 0 aromatic rings. The van der Waals surface area contributed by atoms with E-state index >= 15 is 0 Å². The van der Waals surface area contributed by atoms with Crippen molar-refractivity contribution < 1.29 is 47.7 Å². The molecule has 0 aliphatic heterocycles. The first-order valence-electron chi connectivity index (χ1n) is 32.3. The minimum atomic E-state index is -0.399. The average molecular weight is 1060 g/mol. The van der Waals surface area contributed by atoms with Crippen LogP contribution in [0.1, 0.15) is 217 Å². The molecule has 0 heterocycles. The van der Waals surface area contributed by atoms with Crippen LogP contribution < -0.4 is 0 Å². The molecule has 26 atom stereocenters. The van der Waals surface area contributed by atoms with E-state index in [0.29, 0.717) is 59.2 Å². The van der Waals surface area contributed by atoms with Gasteiger partial charge in [0.25, 0.3) is 0 Å². The first-order chi connectivity index (χ1) is 36.3. The van der Waals surface area contributed by atoms with Crippen molar-refractivity contribution in [1.29, 1.82) is 0 Å². The fourth-order valence-corrected chi connectivity index (χ4v) is 22.1. The minimum absolute atomic E-state index is 0.00775. The molecule has 10 heteroatoms.